The molecule has 1 N–H and O–H groups in total. The molecule has 0 unspecified atom stereocenters. The van der Waals surface area contributed by atoms with Crippen molar-refractivity contribution in [2.24, 2.45) is 0 Å². The Hall–Kier alpha value is -1.34. The second kappa shape index (κ2) is 4.10. The van der Waals surface area contributed by atoms with Crippen LogP contribution in [0.4, 0.5) is 13.2 Å². The summed E-state index contributed by atoms with van der Waals surface area (Å²) in [5.41, 5.74) is -1.19. The van der Waals surface area contributed by atoms with Gasteiger partial charge in [0.05, 0.1) is 15.4 Å². The molecule has 1 aliphatic heterocycles. The Balaban J connectivity index is 2.68. The summed E-state index contributed by atoms with van der Waals surface area (Å²) in [6.07, 6.45) is -3.48. The Morgan fingerprint density at radius 1 is 1.28 bits per heavy atom. The van der Waals surface area contributed by atoms with Crippen molar-refractivity contribution in [3.05, 3.63) is 34.2 Å². The molecule has 2 rings (SSSR count). The molecule has 0 bridgehead atoms. The normalized spacial score (nSPS) is 17.4. The van der Waals surface area contributed by atoms with Gasteiger partial charge in [-0.3, -0.25) is 0 Å². The van der Waals surface area contributed by atoms with Crippen molar-refractivity contribution in [1.82, 2.24) is 5.32 Å². The first-order valence-corrected chi connectivity index (χ1v) is 6.57. The molecule has 0 saturated carbocycles. The zero-order valence-corrected chi connectivity index (χ0v) is 10.2. The van der Waals surface area contributed by atoms with E-state index in [1.54, 1.807) is 0 Å². The van der Waals surface area contributed by atoms with Crippen molar-refractivity contribution in [3.63, 3.8) is 0 Å². The maximum Gasteiger partial charge on any atom is 0.417 e. The van der Waals surface area contributed by atoms with Crippen LogP contribution < -0.4 is 5.32 Å². The number of hydrogen-bond donors (Lipinski definition) is 1. The van der Waals surface area contributed by atoms with Crippen molar-refractivity contribution in [2.75, 3.05) is 13.6 Å². The van der Waals surface area contributed by atoms with Crippen LogP contribution in [-0.4, -0.2) is 22.0 Å². The Morgan fingerprint density at radius 3 is 2.50 bits per heavy atom. The molecule has 7 heteroatoms. The SMILES string of the molecule is CNCC1=Cc2c(C(F)(F)F)cccc2S1(=O)=O. The zero-order valence-electron chi connectivity index (χ0n) is 9.38. The minimum Gasteiger partial charge on any atom is -0.315 e. The van der Waals surface area contributed by atoms with Gasteiger partial charge in [-0.1, -0.05) is 6.07 Å². The summed E-state index contributed by atoms with van der Waals surface area (Å²) in [4.78, 5) is -0.320. The molecule has 1 aromatic carbocycles. The minimum absolute atomic E-state index is 0.00824. The molecule has 0 aliphatic carbocycles. The van der Waals surface area contributed by atoms with Crippen molar-refractivity contribution < 1.29 is 21.6 Å². The van der Waals surface area contributed by atoms with Crippen LogP contribution in [0.25, 0.3) is 6.08 Å². The number of alkyl halides is 3. The number of hydrogen-bond acceptors (Lipinski definition) is 3. The molecule has 0 fully saturated rings. The fraction of sp³-hybridized carbons (Fsp3) is 0.273. The second-order valence-corrected chi connectivity index (χ2v) is 5.83. The van der Waals surface area contributed by atoms with Gasteiger partial charge < -0.3 is 5.32 Å². The lowest BCUT2D eigenvalue weighted by Crippen LogP contribution is -2.15. The Bertz CT molecular complexity index is 618. The molecule has 0 spiro atoms. The third kappa shape index (κ3) is 1.93. The molecule has 0 saturated heterocycles. The Labute approximate surface area is 102 Å². The van der Waals surface area contributed by atoms with E-state index < -0.39 is 21.6 Å². The summed E-state index contributed by atoms with van der Waals surface area (Å²) in [7, 11) is -2.26. The van der Waals surface area contributed by atoms with Crippen LogP contribution in [0.2, 0.25) is 0 Å². The highest BCUT2D eigenvalue weighted by Gasteiger charge is 2.39. The van der Waals surface area contributed by atoms with Crippen LogP contribution in [0.15, 0.2) is 28.0 Å². The van der Waals surface area contributed by atoms with Crippen molar-refractivity contribution >= 4 is 15.9 Å². The number of nitrogens with one attached hydrogen (secondary N) is 1. The fourth-order valence-electron chi connectivity index (χ4n) is 1.87. The van der Waals surface area contributed by atoms with Gasteiger partial charge >= 0.3 is 6.18 Å². The standard InChI is InChI=1S/C11H10F3NO2S/c1-15-6-7-5-8-9(11(12,13)14)3-2-4-10(8)18(7,16)17/h2-5,15H,6H2,1H3. The summed E-state index contributed by atoms with van der Waals surface area (Å²) in [5.74, 6) is 0. The van der Waals surface area contributed by atoms with Gasteiger partial charge in [-0.2, -0.15) is 13.2 Å². The predicted octanol–water partition coefficient (Wildman–Crippen LogP) is 2.05. The van der Waals surface area contributed by atoms with Gasteiger partial charge in [0.25, 0.3) is 0 Å². The Morgan fingerprint density at radius 2 is 1.94 bits per heavy atom. The molecule has 1 heterocycles. The topological polar surface area (TPSA) is 46.2 Å². The van der Waals surface area contributed by atoms with Gasteiger partial charge in [-0.25, -0.2) is 8.42 Å². The van der Waals surface area contributed by atoms with Crippen LogP contribution in [0, 0.1) is 0 Å². The molecule has 3 nitrogen and oxygen atoms in total. The first-order chi connectivity index (χ1) is 8.28. The number of likely N-dealkylation sites (N-methyl/N-ethyl adjacent to an activating group) is 1. The van der Waals surface area contributed by atoms with Gasteiger partial charge in [-0.15, -0.1) is 0 Å². The summed E-state index contributed by atoms with van der Waals surface area (Å²) >= 11 is 0. The van der Waals surface area contributed by atoms with Crippen molar-refractivity contribution in [3.8, 4) is 0 Å². The van der Waals surface area contributed by atoms with Crippen LogP contribution in [0.3, 0.4) is 0 Å². The van der Waals surface area contributed by atoms with Crippen LogP contribution in [0.1, 0.15) is 11.1 Å². The number of rotatable bonds is 2. The molecule has 0 aromatic heterocycles. The van der Waals surface area contributed by atoms with E-state index in [9.17, 15) is 21.6 Å². The molecular formula is C11H10F3NO2S. The fourth-order valence-corrected chi connectivity index (χ4v) is 3.48. The van der Waals surface area contributed by atoms with Gasteiger partial charge in [0.1, 0.15) is 0 Å². The molecule has 1 aliphatic rings. The average molecular weight is 277 g/mol. The molecule has 1 aromatic rings. The van der Waals surface area contributed by atoms with E-state index in [-0.39, 0.29) is 21.9 Å². The predicted molar refractivity (Wildman–Crippen MR) is 60.5 cm³/mol. The molecule has 98 valence electrons. The lowest BCUT2D eigenvalue weighted by Gasteiger charge is -2.10. The third-order valence-electron chi connectivity index (χ3n) is 2.66. The summed E-state index contributed by atoms with van der Waals surface area (Å²) in [5, 5.41) is 2.63. The molecule has 18 heavy (non-hydrogen) atoms. The van der Waals surface area contributed by atoms with E-state index in [1.807, 2.05) is 0 Å². The highest BCUT2D eigenvalue weighted by Crippen LogP contribution is 2.40. The van der Waals surface area contributed by atoms with E-state index in [0.717, 1.165) is 18.2 Å². The first kappa shape index (κ1) is 13.1. The van der Waals surface area contributed by atoms with E-state index >= 15 is 0 Å². The average Bonchev–Trinajstić information content (AvgIpc) is 2.50. The zero-order chi connectivity index (χ0) is 13.6. The highest BCUT2D eigenvalue weighted by atomic mass is 32.2. The van der Waals surface area contributed by atoms with Crippen LogP contribution >= 0.6 is 0 Å². The molecular weight excluding hydrogens is 267 g/mol. The largest absolute Gasteiger partial charge is 0.417 e. The van der Waals surface area contributed by atoms with Gasteiger partial charge in [0.2, 0.25) is 9.84 Å². The number of sulfone groups is 1. The quantitative estimate of drug-likeness (QED) is 0.900. The van der Waals surface area contributed by atoms with Crippen LogP contribution in [-0.2, 0) is 16.0 Å². The monoisotopic (exact) mass is 277 g/mol. The summed E-state index contributed by atoms with van der Waals surface area (Å²) in [6, 6.07) is 3.18. The summed E-state index contributed by atoms with van der Waals surface area (Å²) in [6.45, 7) is 0.00824. The van der Waals surface area contributed by atoms with Gasteiger partial charge in [0.15, 0.2) is 0 Å². The molecule has 0 atom stereocenters. The van der Waals surface area contributed by atoms with E-state index in [0.29, 0.717) is 0 Å². The first-order valence-electron chi connectivity index (χ1n) is 5.09. The molecule has 0 radical (unpaired) electrons. The van der Waals surface area contributed by atoms with Gasteiger partial charge in [-0.05, 0) is 25.3 Å². The number of benzene rings is 1. The lowest BCUT2D eigenvalue weighted by atomic mass is 10.1. The maximum atomic E-state index is 12.8. The lowest BCUT2D eigenvalue weighted by molar-refractivity contribution is -0.137. The number of fused-ring (bicyclic) bond motifs is 1. The maximum absolute atomic E-state index is 12.8. The van der Waals surface area contributed by atoms with Crippen molar-refractivity contribution in [1.29, 1.82) is 0 Å². The smallest absolute Gasteiger partial charge is 0.315 e. The van der Waals surface area contributed by atoms with E-state index in [2.05, 4.69) is 5.32 Å². The summed E-state index contributed by atoms with van der Waals surface area (Å²) < 4.78 is 62.3. The van der Waals surface area contributed by atoms with E-state index in [1.165, 1.54) is 13.1 Å². The van der Waals surface area contributed by atoms with E-state index in [4.69, 9.17) is 0 Å². The number of halogens is 3. The van der Waals surface area contributed by atoms with Crippen LogP contribution in [0.5, 0.6) is 0 Å². The van der Waals surface area contributed by atoms with Gasteiger partial charge in [0, 0.05) is 12.1 Å². The Kier molecular flexibility index (Phi) is 2.98. The second-order valence-electron chi connectivity index (χ2n) is 3.86. The third-order valence-corrected chi connectivity index (χ3v) is 4.55. The highest BCUT2D eigenvalue weighted by molar-refractivity contribution is 7.95. The minimum atomic E-state index is -4.56. The van der Waals surface area contributed by atoms with Crippen molar-refractivity contribution in [2.45, 2.75) is 11.1 Å². The molecule has 0 amide bonds.